The highest BCUT2D eigenvalue weighted by Gasteiger charge is 2.10. The molecule has 21 heavy (non-hydrogen) atoms. The zero-order valence-electron chi connectivity index (χ0n) is 11.6. The maximum absolute atomic E-state index is 11.7. The standard InChI is InChI=1S/C15H16N2O4/c1-20-12-6-3-2-5-11(12)9-16-14(18)10-17-15(19)13-7-4-8-21-13/h2-8H,9-10H2,1H3,(H,16,18)(H,17,19). The van der Waals surface area contributed by atoms with Gasteiger partial charge in [0.15, 0.2) is 5.76 Å². The summed E-state index contributed by atoms with van der Waals surface area (Å²) in [5, 5.41) is 5.18. The lowest BCUT2D eigenvalue weighted by atomic mass is 10.2. The predicted octanol–water partition coefficient (Wildman–Crippen LogP) is 1.33. The van der Waals surface area contributed by atoms with E-state index in [2.05, 4.69) is 10.6 Å². The predicted molar refractivity (Wildman–Crippen MR) is 75.9 cm³/mol. The summed E-state index contributed by atoms with van der Waals surface area (Å²) in [4.78, 5) is 23.3. The van der Waals surface area contributed by atoms with Crippen molar-refractivity contribution in [2.75, 3.05) is 13.7 Å². The molecule has 0 atom stereocenters. The van der Waals surface area contributed by atoms with Crippen molar-refractivity contribution in [3.8, 4) is 5.75 Å². The van der Waals surface area contributed by atoms with Crippen molar-refractivity contribution >= 4 is 11.8 Å². The lowest BCUT2D eigenvalue weighted by Gasteiger charge is -2.09. The van der Waals surface area contributed by atoms with Crippen LogP contribution in [0.2, 0.25) is 0 Å². The number of para-hydroxylation sites is 1. The van der Waals surface area contributed by atoms with Crippen molar-refractivity contribution < 1.29 is 18.7 Å². The van der Waals surface area contributed by atoms with Gasteiger partial charge in [-0.2, -0.15) is 0 Å². The Labute approximate surface area is 122 Å². The first-order valence-electron chi connectivity index (χ1n) is 6.41. The van der Waals surface area contributed by atoms with Crippen LogP contribution in [0.15, 0.2) is 47.1 Å². The molecule has 0 aliphatic rings. The van der Waals surface area contributed by atoms with Gasteiger partial charge in [0.2, 0.25) is 5.91 Å². The van der Waals surface area contributed by atoms with Gasteiger partial charge in [-0.3, -0.25) is 9.59 Å². The lowest BCUT2D eigenvalue weighted by molar-refractivity contribution is -0.120. The molecule has 2 amide bonds. The molecule has 2 rings (SSSR count). The largest absolute Gasteiger partial charge is 0.496 e. The number of furan rings is 1. The zero-order chi connectivity index (χ0) is 15.1. The first-order valence-corrected chi connectivity index (χ1v) is 6.41. The third-order valence-corrected chi connectivity index (χ3v) is 2.82. The molecule has 0 saturated carbocycles. The van der Waals surface area contributed by atoms with Gasteiger partial charge in [0.1, 0.15) is 5.75 Å². The first kappa shape index (κ1) is 14.6. The van der Waals surface area contributed by atoms with Gasteiger partial charge in [0, 0.05) is 12.1 Å². The average molecular weight is 288 g/mol. The lowest BCUT2D eigenvalue weighted by Crippen LogP contribution is -2.36. The highest BCUT2D eigenvalue weighted by atomic mass is 16.5. The van der Waals surface area contributed by atoms with E-state index in [4.69, 9.17) is 9.15 Å². The Morgan fingerprint density at radius 3 is 2.67 bits per heavy atom. The molecule has 0 radical (unpaired) electrons. The van der Waals surface area contributed by atoms with Crippen LogP contribution in [0.25, 0.3) is 0 Å². The van der Waals surface area contributed by atoms with Crippen LogP contribution in [0.5, 0.6) is 5.75 Å². The van der Waals surface area contributed by atoms with E-state index in [9.17, 15) is 9.59 Å². The number of amides is 2. The van der Waals surface area contributed by atoms with Gasteiger partial charge in [-0.15, -0.1) is 0 Å². The van der Waals surface area contributed by atoms with E-state index in [0.29, 0.717) is 12.3 Å². The first-order chi connectivity index (χ1) is 10.2. The number of ether oxygens (including phenoxy) is 1. The minimum Gasteiger partial charge on any atom is -0.496 e. The van der Waals surface area contributed by atoms with E-state index in [1.54, 1.807) is 13.2 Å². The van der Waals surface area contributed by atoms with Crippen molar-refractivity contribution in [2.24, 2.45) is 0 Å². The molecule has 2 N–H and O–H groups in total. The van der Waals surface area contributed by atoms with Crippen molar-refractivity contribution in [3.63, 3.8) is 0 Å². The van der Waals surface area contributed by atoms with Crippen LogP contribution in [-0.4, -0.2) is 25.5 Å². The quantitative estimate of drug-likeness (QED) is 0.840. The number of hydrogen-bond acceptors (Lipinski definition) is 4. The summed E-state index contributed by atoms with van der Waals surface area (Å²) in [5.41, 5.74) is 0.866. The maximum atomic E-state index is 11.7. The number of rotatable bonds is 6. The van der Waals surface area contributed by atoms with Gasteiger partial charge in [0.05, 0.1) is 19.9 Å². The zero-order valence-corrected chi connectivity index (χ0v) is 11.6. The Balaban J connectivity index is 1.78. The minimum absolute atomic E-state index is 0.116. The van der Waals surface area contributed by atoms with Gasteiger partial charge in [0.25, 0.3) is 5.91 Å². The molecule has 0 unspecified atom stereocenters. The molecule has 0 bridgehead atoms. The normalized spacial score (nSPS) is 9.95. The molecule has 0 aliphatic heterocycles. The van der Waals surface area contributed by atoms with Crippen molar-refractivity contribution in [2.45, 2.75) is 6.54 Å². The molecule has 6 heteroatoms. The van der Waals surface area contributed by atoms with Crippen molar-refractivity contribution in [1.82, 2.24) is 10.6 Å². The monoisotopic (exact) mass is 288 g/mol. The summed E-state index contributed by atoms with van der Waals surface area (Å²) in [6.45, 7) is 0.216. The number of carbonyl (C=O) groups excluding carboxylic acids is 2. The molecule has 1 aromatic carbocycles. The van der Waals surface area contributed by atoms with E-state index in [-0.39, 0.29) is 18.2 Å². The molecule has 2 aromatic rings. The van der Waals surface area contributed by atoms with Crippen molar-refractivity contribution in [3.05, 3.63) is 54.0 Å². The van der Waals surface area contributed by atoms with E-state index in [1.807, 2.05) is 24.3 Å². The van der Waals surface area contributed by atoms with E-state index < -0.39 is 5.91 Å². The highest BCUT2D eigenvalue weighted by molar-refractivity contribution is 5.94. The SMILES string of the molecule is COc1ccccc1CNC(=O)CNC(=O)c1ccco1. The van der Waals surface area contributed by atoms with Gasteiger partial charge >= 0.3 is 0 Å². The summed E-state index contributed by atoms with van der Waals surface area (Å²) in [6.07, 6.45) is 1.40. The second-order valence-electron chi connectivity index (χ2n) is 4.25. The number of benzene rings is 1. The molecular weight excluding hydrogens is 272 g/mol. The average Bonchev–Trinajstić information content (AvgIpc) is 3.05. The van der Waals surface area contributed by atoms with Crippen molar-refractivity contribution in [1.29, 1.82) is 0 Å². The second-order valence-corrected chi connectivity index (χ2v) is 4.25. The Kier molecular flexibility index (Phi) is 4.98. The molecule has 0 saturated heterocycles. The van der Waals surface area contributed by atoms with Crippen LogP contribution < -0.4 is 15.4 Å². The van der Waals surface area contributed by atoms with Gasteiger partial charge in [-0.1, -0.05) is 18.2 Å². The molecule has 6 nitrogen and oxygen atoms in total. The summed E-state index contributed by atoms with van der Waals surface area (Å²) < 4.78 is 10.1. The summed E-state index contributed by atoms with van der Waals surface area (Å²) in [6, 6.07) is 10.5. The topological polar surface area (TPSA) is 80.6 Å². The second kappa shape index (κ2) is 7.14. The van der Waals surface area contributed by atoms with Crippen LogP contribution in [0.4, 0.5) is 0 Å². The number of carbonyl (C=O) groups is 2. The fraction of sp³-hybridized carbons (Fsp3) is 0.200. The van der Waals surface area contributed by atoms with Crippen LogP contribution in [0.3, 0.4) is 0 Å². The molecule has 0 fully saturated rings. The van der Waals surface area contributed by atoms with E-state index in [1.165, 1.54) is 12.3 Å². The number of hydrogen-bond donors (Lipinski definition) is 2. The minimum atomic E-state index is -0.424. The van der Waals surface area contributed by atoms with Crippen LogP contribution in [0, 0.1) is 0 Å². The maximum Gasteiger partial charge on any atom is 0.287 e. The van der Waals surface area contributed by atoms with E-state index >= 15 is 0 Å². The number of methoxy groups -OCH3 is 1. The van der Waals surface area contributed by atoms with Crippen LogP contribution in [0.1, 0.15) is 16.1 Å². The van der Waals surface area contributed by atoms with Gasteiger partial charge in [-0.05, 0) is 18.2 Å². The molecule has 0 aliphatic carbocycles. The molecule has 1 heterocycles. The Morgan fingerprint density at radius 2 is 1.95 bits per heavy atom. The highest BCUT2D eigenvalue weighted by Crippen LogP contribution is 2.16. The van der Waals surface area contributed by atoms with Gasteiger partial charge in [-0.25, -0.2) is 0 Å². The summed E-state index contributed by atoms with van der Waals surface area (Å²) in [7, 11) is 1.57. The smallest absolute Gasteiger partial charge is 0.287 e. The fourth-order valence-electron chi connectivity index (χ4n) is 1.76. The number of nitrogens with one attached hydrogen (secondary N) is 2. The molecule has 1 aromatic heterocycles. The molecule has 0 spiro atoms. The third-order valence-electron chi connectivity index (χ3n) is 2.82. The Morgan fingerprint density at radius 1 is 1.14 bits per heavy atom. The summed E-state index contributed by atoms with van der Waals surface area (Å²) >= 11 is 0. The Hall–Kier alpha value is -2.76. The molecule has 110 valence electrons. The third kappa shape index (κ3) is 4.10. The molecular formula is C15H16N2O4. The van der Waals surface area contributed by atoms with Crippen LogP contribution >= 0.6 is 0 Å². The summed E-state index contributed by atoms with van der Waals surface area (Å²) in [5.74, 6) is 0.165. The van der Waals surface area contributed by atoms with Crippen LogP contribution in [-0.2, 0) is 11.3 Å². The van der Waals surface area contributed by atoms with E-state index in [0.717, 1.165) is 5.56 Å². The Bertz CT molecular complexity index is 608. The fourth-order valence-corrected chi connectivity index (χ4v) is 1.76. The van der Waals surface area contributed by atoms with Gasteiger partial charge < -0.3 is 19.8 Å².